The molecule has 1 fully saturated rings. The Morgan fingerprint density at radius 3 is 2.55 bits per heavy atom. The molecule has 1 saturated heterocycles. The van der Waals surface area contributed by atoms with E-state index in [1.165, 1.54) is 0 Å². The van der Waals surface area contributed by atoms with Crippen molar-refractivity contribution in [2.75, 3.05) is 43.1 Å². The summed E-state index contributed by atoms with van der Waals surface area (Å²) in [4.78, 5) is 28.9. The van der Waals surface area contributed by atoms with Crippen LogP contribution in [0, 0.1) is 0 Å². The minimum Gasteiger partial charge on any atom is -0.378 e. The van der Waals surface area contributed by atoms with Crippen LogP contribution in [0.25, 0.3) is 5.70 Å². The van der Waals surface area contributed by atoms with Crippen LogP contribution < -0.4 is 10.2 Å². The van der Waals surface area contributed by atoms with Crippen molar-refractivity contribution in [1.82, 2.24) is 4.90 Å². The molecule has 0 unspecified atom stereocenters. The van der Waals surface area contributed by atoms with Gasteiger partial charge in [-0.3, -0.25) is 9.59 Å². The fraction of sp³-hybridized carbons (Fsp3) is 0.273. The maximum Gasteiger partial charge on any atom is 0.258 e. The normalized spacial score (nSPS) is 16.2. The molecule has 0 atom stereocenters. The molecule has 4 rings (SSSR count). The molecule has 2 aromatic rings. The number of ether oxygens (including phenoxy) is 1. The van der Waals surface area contributed by atoms with Gasteiger partial charge in [-0.05, 0) is 18.2 Å². The standard InChI is InChI=1S/C22H22ClN3O3/c1-15-16-5-2-3-6-17(16)22(28)26(15)10-9-20(27)24-19-8-4-7-18(23)21(19)25-11-13-29-14-12-25/h2-8H,1,9-14H2,(H,24,27). The summed E-state index contributed by atoms with van der Waals surface area (Å²) in [6.45, 7) is 6.96. The van der Waals surface area contributed by atoms with Gasteiger partial charge in [-0.15, -0.1) is 0 Å². The van der Waals surface area contributed by atoms with Gasteiger partial charge in [0.1, 0.15) is 0 Å². The van der Waals surface area contributed by atoms with Gasteiger partial charge in [0.05, 0.1) is 29.6 Å². The molecular formula is C22H22ClN3O3. The van der Waals surface area contributed by atoms with E-state index >= 15 is 0 Å². The first-order valence-electron chi connectivity index (χ1n) is 9.57. The summed E-state index contributed by atoms with van der Waals surface area (Å²) in [6, 6.07) is 12.8. The van der Waals surface area contributed by atoms with Crippen molar-refractivity contribution >= 4 is 40.5 Å². The number of anilines is 2. The Bertz CT molecular complexity index is 935. The van der Waals surface area contributed by atoms with Crippen LogP contribution in [-0.4, -0.2) is 49.6 Å². The number of nitrogens with one attached hydrogen (secondary N) is 1. The molecule has 0 bridgehead atoms. The van der Waals surface area contributed by atoms with Crippen LogP contribution in [0.2, 0.25) is 5.02 Å². The molecule has 0 radical (unpaired) electrons. The maximum absolute atomic E-state index is 12.6. The highest BCUT2D eigenvalue weighted by Gasteiger charge is 2.30. The minimum atomic E-state index is -0.182. The van der Waals surface area contributed by atoms with E-state index < -0.39 is 0 Å². The smallest absolute Gasteiger partial charge is 0.258 e. The van der Waals surface area contributed by atoms with Gasteiger partial charge in [0.25, 0.3) is 5.91 Å². The first kappa shape index (κ1) is 19.5. The lowest BCUT2D eigenvalue weighted by molar-refractivity contribution is -0.116. The van der Waals surface area contributed by atoms with Gasteiger partial charge in [0.15, 0.2) is 0 Å². The third-order valence-electron chi connectivity index (χ3n) is 5.19. The fourth-order valence-electron chi connectivity index (χ4n) is 3.72. The summed E-state index contributed by atoms with van der Waals surface area (Å²) in [5.74, 6) is -0.298. The number of morpholine rings is 1. The largest absolute Gasteiger partial charge is 0.378 e. The molecule has 6 nitrogen and oxygen atoms in total. The molecule has 0 saturated carbocycles. The Morgan fingerprint density at radius 1 is 1.10 bits per heavy atom. The van der Waals surface area contributed by atoms with E-state index in [1.807, 2.05) is 36.4 Å². The second kappa shape index (κ2) is 8.27. The van der Waals surface area contributed by atoms with Gasteiger partial charge in [-0.1, -0.05) is 42.4 Å². The predicted molar refractivity (Wildman–Crippen MR) is 114 cm³/mol. The zero-order valence-corrected chi connectivity index (χ0v) is 16.7. The number of rotatable bonds is 5. The zero-order chi connectivity index (χ0) is 20.4. The number of nitrogens with zero attached hydrogens (tertiary/aromatic N) is 2. The predicted octanol–water partition coefficient (Wildman–Crippen LogP) is 3.63. The van der Waals surface area contributed by atoms with Gasteiger partial charge in [0.2, 0.25) is 5.91 Å². The average molecular weight is 412 g/mol. The topological polar surface area (TPSA) is 61.9 Å². The van der Waals surface area contributed by atoms with E-state index in [2.05, 4.69) is 16.8 Å². The first-order valence-corrected chi connectivity index (χ1v) is 9.95. The molecule has 0 aromatic heterocycles. The van der Waals surface area contributed by atoms with E-state index in [9.17, 15) is 9.59 Å². The molecule has 29 heavy (non-hydrogen) atoms. The molecule has 2 aromatic carbocycles. The number of carbonyl (C=O) groups excluding carboxylic acids is 2. The summed E-state index contributed by atoms with van der Waals surface area (Å²) >= 11 is 6.42. The average Bonchev–Trinajstić information content (AvgIpc) is 2.98. The highest BCUT2D eigenvalue weighted by Crippen LogP contribution is 2.35. The lowest BCUT2D eigenvalue weighted by Gasteiger charge is -2.31. The van der Waals surface area contributed by atoms with Crippen molar-refractivity contribution in [3.8, 4) is 0 Å². The zero-order valence-electron chi connectivity index (χ0n) is 16.0. The van der Waals surface area contributed by atoms with Crippen LogP contribution in [0.15, 0.2) is 49.0 Å². The van der Waals surface area contributed by atoms with Gasteiger partial charge in [-0.25, -0.2) is 0 Å². The van der Waals surface area contributed by atoms with Crippen molar-refractivity contribution in [1.29, 1.82) is 0 Å². The van der Waals surface area contributed by atoms with E-state index in [-0.39, 0.29) is 24.8 Å². The first-order chi connectivity index (χ1) is 14.1. The molecular weight excluding hydrogens is 390 g/mol. The van der Waals surface area contributed by atoms with Gasteiger partial charge in [0, 0.05) is 42.9 Å². The molecule has 2 aliphatic heterocycles. The summed E-state index contributed by atoms with van der Waals surface area (Å²) in [5, 5.41) is 3.54. The van der Waals surface area contributed by atoms with Crippen LogP contribution in [0.5, 0.6) is 0 Å². The van der Waals surface area contributed by atoms with Crippen molar-refractivity contribution in [3.63, 3.8) is 0 Å². The lowest BCUT2D eigenvalue weighted by atomic mass is 10.1. The van der Waals surface area contributed by atoms with Crippen LogP contribution in [0.4, 0.5) is 11.4 Å². The monoisotopic (exact) mass is 411 g/mol. The third kappa shape index (κ3) is 3.86. The molecule has 0 aliphatic carbocycles. The summed E-state index contributed by atoms with van der Waals surface area (Å²) in [7, 11) is 0. The Morgan fingerprint density at radius 2 is 1.83 bits per heavy atom. The molecule has 7 heteroatoms. The highest BCUT2D eigenvalue weighted by molar-refractivity contribution is 6.34. The molecule has 2 aliphatic rings. The van der Waals surface area contributed by atoms with E-state index in [0.29, 0.717) is 48.3 Å². The number of amides is 2. The highest BCUT2D eigenvalue weighted by atomic mass is 35.5. The summed E-state index contributed by atoms with van der Waals surface area (Å²) < 4.78 is 5.41. The summed E-state index contributed by atoms with van der Waals surface area (Å²) in [5.41, 5.74) is 3.55. The molecule has 0 spiro atoms. The number of hydrogen-bond acceptors (Lipinski definition) is 4. The van der Waals surface area contributed by atoms with Crippen molar-refractivity contribution in [2.24, 2.45) is 0 Å². The number of carbonyl (C=O) groups is 2. The van der Waals surface area contributed by atoms with Crippen LogP contribution >= 0.6 is 11.6 Å². The summed E-state index contributed by atoms with van der Waals surface area (Å²) in [6.07, 6.45) is 0.161. The van der Waals surface area contributed by atoms with Crippen molar-refractivity contribution in [3.05, 3.63) is 65.2 Å². The van der Waals surface area contributed by atoms with E-state index in [1.54, 1.807) is 11.0 Å². The lowest BCUT2D eigenvalue weighted by Crippen LogP contribution is -2.37. The van der Waals surface area contributed by atoms with Gasteiger partial charge >= 0.3 is 0 Å². The Balaban J connectivity index is 1.43. The van der Waals surface area contributed by atoms with Crippen LogP contribution in [0.3, 0.4) is 0 Å². The van der Waals surface area contributed by atoms with E-state index in [4.69, 9.17) is 16.3 Å². The Labute approximate surface area is 174 Å². The second-order valence-electron chi connectivity index (χ2n) is 6.98. The number of benzene rings is 2. The quantitative estimate of drug-likeness (QED) is 0.816. The molecule has 1 N–H and O–H groups in total. The Kier molecular flexibility index (Phi) is 5.56. The third-order valence-corrected chi connectivity index (χ3v) is 5.49. The maximum atomic E-state index is 12.6. The van der Waals surface area contributed by atoms with Gasteiger partial charge in [-0.2, -0.15) is 0 Å². The SMILES string of the molecule is C=C1c2ccccc2C(=O)N1CCC(=O)Nc1cccc(Cl)c1N1CCOCC1. The fourth-order valence-corrected chi connectivity index (χ4v) is 4.02. The van der Waals surface area contributed by atoms with Crippen LogP contribution in [0.1, 0.15) is 22.3 Å². The van der Waals surface area contributed by atoms with E-state index in [0.717, 1.165) is 11.3 Å². The van der Waals surface area contributed by atoms with Gasteiger partial charge < -0.3 is 19.9 Å². The van der Waals surface area contributed by atoms with Crippen molar-refractivity contribution < 1.29 is 14.3 Å². The second-order valence-corrected chi connectivity index (χ2v) is 7.39. The molecule has 150 valence electrons. The molecule has 2 amide bonds. The van der Waals surface area contributed by atoms with Crippen LogP contribution in [-0.2, 0) is 9.53 Å². The number of hydrogen-bond donors (Lipinski definition) is 1. The molecule has 2 heterocycles. The number of para-hydroxylation sites is 1. The Hall–Kier alpha value is -2.83. The number of halogens is 1. The number of fused-ring (bicyclic) bond motifs is 1. The van der Waals surface area contributed by atoms with Crippen molar-refractivity contribution in [2.45, 2.75) is 6.42 Å². The minimum absolute atomic E-state index is 0.116.